The number of halogens is 2. The average molecular weight is 599 g/mol. The summed E-state index contributed by atoms with van der Waals surface area (Å²) in [5.41, 5.74) is 10.6. The number of benzene rings is 3. The first kappa shape index (κ1) is 27.2. The van der Waals surface area contributed by atoms with Crippen LogP contribution >= 0.6 is 23.2 Å². The van der Waals surface area contributed by atoms with Crippen LogP contribution < -0.4 is 11.1 Å². The molecule has 11 nitrogen and oxygen atoms in total. The summed E-state index contributed by atoms with van der Waals surface area (Å²) >= 11 is 12.9. The lowest BCUT2D eigenvalue weighted by atomic mass is 10.1. The van der Waals surface area contributed by atoms with Crippen LogP contribution in [0.5, 0.6) is 0 Å². The number of tetrazole rings is 1. The van der Waals surface area contributed by atoms with Gasteiger partial charge in [-0.2, -0.15) is 9.78 Å². The van der Waals surface area contributed by atoms with Crippen LogP contribution in [0.25, 0.3) is 33.9 Å². The molecule has 3 aromatic carbocycles. The van der Waals surface area contributed by atoms with Gasteiger partial charge in [-0.05, 0) is 58.8 Å². The molecule has 0 fully saturated rings. The zero-order chi connectivity index (χ0) is 29.2. The number of H-pyrrole nitrogens is 1. The van der Waals surface area contributed by atoms with Crippen molar-refractivity contribution < 1.29 is 4.79 Å². The molecule has 4 N–H and O–H groups in total. The third-order valence-corrected chi connectivity index (χ3v) is 7.27. The molecule has 6 aromatic rings. The standard InChI is InChI=1S/C29H24Cl2N10O/c1-40-24-15-19(7-10-21(24)28(32)37-40)26-27(31)36-29(35-26)22(13-17-5-3-2-4-6-17)34-25(42)12-8-18-14-20(30)9-11-23(18)41-16-33-38-39-41/h2-12,14-16,22H,13H2,1H3,(H2,32,37)(H,34,42)(H,35,36)/t22-/m0/s1. The number of aromatic nitrogens is 8. The van der Waals surface area contributed by atoms with Gasteiger partial charge in [0.1, 0.15) is 23.0 Å². The molecule has 1 atom stereocenters. The van der Waals surface area contributed by atoms with Crippen LogP contribution in [0, 0.1) is 0 Å². The van der Waals surface area contributed by atoms with E-state index in [0.717, 1.165) is 22.0 Å². The number of carbonyl (C=O) groups is 1. The van der Waals surface area contributed by atoms with Crippen LogP contribution in [0.4, 0.5) is 5.82 Å². The van der Waals surface area contributed by atoms with Gasteiger partial charge in [0.05, 0.1) is 17.2 Å². The van der Waals surface area contributed by atoms with Crippen LogP contribution in [0.2, 0.25) is 10.2 Å². The van der Waals surface area contributed by atoms with Crippen molar-refractivity contribution in [2.45, 2.75) is 12.5 Å². The van der Waals surface area contributed by atoms with Gasteiger partial charge in [-0.3, -0.25) is 9.48 Å². The fourth-order valence-electron chi connectivity index (χ4n) is 4.75. The highest BCUT2D eigenvalue weighted by atomic mass is 35.5. The van der Waals surface area contributed by atoms with E-state index >= 15 is 0 Å². The van der Waals surface area contributed by atoms with Gasteiger partial charge >= 0.3 is 0 Å². The van der Waals surface area contributed by atoms with Gasteiger partial charge in [0, 0.05) is 34.7 Å². The Labute approximate surface area is 250 Å². The number of aryl methyl sites for hydroxylation is 1. The molecular weight excluding hydrogens is 575 g/mol. The predicted molar refractivity (Wildman–Crippen MR) is 162 cm³/mol. The Morgan fingerprint density at radius 1 is 1.12 bits per heavy atom. The minimum atomic E-state index is -0.509. The number of amides is 1. The molecule has 0 bridgehead atoms. The average Bonchev–Trinajstić information content (AvgIpc) is 3.72. The van der Waals surface area contributed by atoms with E-state index in [1.54, 1.807) is 29.0 Å². The number of anilines is 1. The van der Waals surface area contributed by atoms with E-state index in [4.69, 9.17) is 33.9 Å². The summed E-state index contributed by atoms with van der Waals surface area (Å²) in [5, 5.41) is 20.4. The number of hydrogen-bond donors (Lipinski definition) is 3. The van der Waals surface area contributed by atoms with Crippen molar-refractivity contribution in [3.05, 3.63) is 106 Å². The molecule has 1 amide bonds. The molecule has 3 heterocycles. The molecule has 6 rings (SSSR count). The summed E-state index contributed by atoms with van der Waals surface area (Å²) in [4.78, 5) is 21.2. The Balaban J connectivity index is 1.30. The Morgan fingerprint density at radius 2 is 1.95 bits per heavy atom. The molecule has 0 spiro atoms. The highest BCUT2D eigenvalue weighted by Crippen LogP contribution is 2.32. The summed E-state index contributed by atoms with van der Waals surface area (Å²) in [7, 11) is 1.83. The third-order valence-electron chi connectivity index (χ3n) is 6.76. The van der Waals surface area contributed by atoms with Crippen molar-refractivity contribution in [1.29, 1.82) is 0 Å². The lowest BCUT2D eigenvalue weighted by molar-refractivity contribution is -0.117. The topological polar surface area (TPSA) is 145 Å². The van der Waals surface area contributed by atoms with Gasteiger partial charge in [-0.1, -0.05) is 59.6 Å². The normalized spacial score (nSPS) is 12.3. The van der Waals surface area contributed by atoms with E-state index in [-0.39, 0.29) is 5.91 Å². The quantitative estimate of drug-likeness (QED) is 0.210. The van der Waals surface area contributed by atoms with Crippen LogP contribution in [0.3, 0.4) is 0 Å². The predicted octanol–water partition coefficient (Wildman–Crippen LogP) is 4.94. The van der Waals surface area contributed by atoms with Crippen LogP contribution in [-0.2, 0) is 18.3 Å². The van der Waals surface area contributed by atoms with E-state index in [1.807, 2.05) is 55.6 Å². The largest absolute Gasteiger partial charge is 0.382 e. The number of nitrogen functional groups attached to an aromatic ring is 1. The highest BCUT2D eigenvalue weighted by Gasteiger charge is 2.21. The van der Waals surface area contributed by atoms with E-state index < -0.39 is 6.04 Å². The van der Waals surface area contributed by atoms with E-state index in [9.17, 15) is 4.79 Å². The molecule has 0 saturated heterocycles. The Kier molecular flexibility index (Phi) is 7.43. The Morgan fingerprint density at radius 3 is 2.74 bits per heavy atom. The van der Waals surface area contributed by atoms with Gasteiger partial charge in [0.15, 0.2) is 5.82 Å². The zero-order valence-electron chi connectivity index (χ0n) is 22.2. The van der Waals surface area contributed by atoms with Crippen molar-refractivity contribution in [2.75, 3.05) is 5.73 Å². The van der Waals surface area contributed by atoms with Crippen molar-refractivity contribution in [3.8, 4) is 16.9 Å². The maximum atomic E-state index is 13.2. The van der Waals surface area contributed by atoms with Crippen LogP contribution in [-0.4, -0.2) is 45.9 Å². The number of nitrogens with two attached hydrogens (primary N) is 1. The molecule has 3 aromatic heterocycles. The number of fused-ring (bicyclic) bond motifs is 1. The minimum Gasteiger partial charge on any atom is -0.382 e. The lowest BCUT2D eigenvalue weighted by Gasteiger charge is -2.16. The molecule has 0 radical (unpaired) electrons. The number of nitrogens with zero attached hydrogens (tertiary/aromatic N) is 7. The maximum Gasteiger partial charge on any atom is 0.244 e. The number of rotatable bonds is 8. The smallest absolute Gasteiger partial charge is 0.244 e. The van der Waals surface area contributed by atoms with E-state index in [2.05, 4.69) is 30.9 Å². The molecular formula is C29H24Cl2N10O. The number of aromatic amines is 1. The van der Waals surface area contributed by atoms with Crippen molar-refractivity contribution >= 4 is 51.9 Å². The van der Waals surface area contributed by atoms with Gasteiger partial charge in [-0.15, -0.1) is 5.10 Å². The first-order valence-electron chi connectivity index (χ1n) is 12.9. The Hall–Kier alpha value is -5.00. The molecule has 13 heteroatoms. The fourth-order valence-corrected chi connectivity index (χ4v) is 5.18. The second-order valence-electron chi connectivity index (χ2n) is 9.57. The van der Waals surface area contributed by atoms with Gasteiger partial charge < -0.3 is 16.0 Å². The summed E-state index contributed by atoms with van der Waals surface area (Å²) < 4.78 is 3.21. The van der Waals surface area contributed by atoms with Gasteiger partial charge in [-0.25, -0.2) is 4.98 Å². The van der Waals surface area contributed by atoms with Crippen molar-refractivity contribution in [1.82, 2.24) is 45.3 Å². The maximum absolute atomic E-state index is 13.2. The third kappa shape index (κ3) is 5.60. The Bertz CT molecular complexity index is 1910. The second kappa shape index (κ2) is 11.5. The molecule has 42 heavy (non-hydrogen) atoms. The SMILES string of the molecule is Cn1nc(N)c2ccc(-c3nc([C@H](Cc4ccccc4)NC(=O)C=Cc4cc(Cl)ccc4-n4cnnn4)[nH]c3Cl)cc21. The van der Waals surface area contributed by atoms with Crippen molar-refractivity contribution in [2.24, 2.45) is 7.05 Å². The van der Waals surface area contributed by atoms with Gasteiger partial charge in [0.25, 0.3) is 0 Å². The lowest BCUT2D eigenvalue weighted by Crippen LogP contribution is -2.29. The molecule has 0 aliphatic heterocycles. The molecule has 0 aliphatic rings. The highest BCUT2D eigenvalue weighted by molar-refractivity contribution is 6.32. The minimum absolute atomic E-state index is 0.334. The van der Waals surface area contributed by atoms with E-state index in [0.29, 0.717) is 45.2 Å². The monoisotopic (exact) mass is 598 g/mol. The van der Waals surface area contributed by atoms with Gasteiger partial charge in [0.2, 0.25) is 5.91 Å². The summed E-state index contributed by atoms with van der Waals surface area (Å²) in [5.74, 6) is 0.635. The summed E-state index contributed by atoms with van der Waals surface area (Å²) in [6.07, 6.45) is 5.04. The van der Waals surface area contributed by atoms with Crippen LogP contribution in [0.15, 0.2) is 79.1 Å². The van der Waals surface area contributed by atoms with Crippen LogP contribution in [0.1, 0.15) is 23.0 Å². The second-order valence-corrected chi connectivity index (χ2v) is 10.4. The van der Waals surface area contributed by atoms with Crippen molar-refractivity contribution in [3.63, 3.8) is 0 Å². The molecule has 0 saturated carbocycles. The molecule has 210 valence electrons. The molecule has 0 unspecified atom stereocenters. The number of nitrogens with one attached hydrogen (secondary N) is 2. The summed E-state index contributed by atoms with van der Waals surface area (Å²) in [6.45, 7) is 0. The number of imidazole rings is 1. The number of hydrogen-bond acceptors (Lipinski definition) is 7. The molecule has 0 aliphatic carbocycles. The number of carbonyl (C=O) groups excluding carboxylic acids is 1. The zero-order valence-corrected chi connectivity index (χ0v) is 23.8. The van der Waals surface area contributed by atoms with E-state index in [1.165, 1.54) is 17.1 Å². The first-order valence-corrected chi connectivity index (χ1v) is 13.6. The summed E-state index contributed by atoms with van der Waals surface area (Å²) in [6, 6.07) is 20.3. The fraction of sp³-hybridized carbons (Fsp3) is 0.103. The first-order chi connectivity index (χ1) is 20.4.